The maximum atomic E-state index is 10.6. The van der Waals surface area contributed by atoms with E-state index >= 15 is 0 Å². The van der Waals surface area contributed by atoms with Gasteiger partial charge in [-0.25, -0.2) is 9.97 Å². The van der Waals surface area contributed by atoms with E-state index in [2.05, 4.69) is 9.97 Å². The van der Waals surface area contributed by atoms with Gasteiger partial charge in [0.2, 0.25) is 5.88 Å². The van der Waals surface area contributed by atoms with Gasteiger partial charge in [0.15, 0.2) is 0 Å². The molecular weight excluding hydrogens is 266 g/mol. The number of ether oxygens (including phenoxy) is 1. The highest BCUT2D eigenvalue weighted by atomic mass is 32.1. The van der Waals surface area contributed by atoms with Crippen molar-refractivity contribution in [2.75, 3.05) is 0 Å². The van der Waals surface area contributed by atoms with Gasteiger partial charge >= 0.3 is 0 Å². The zero-order valence-electron chi connectivity index (χ0n) is 9.52. The van der Waals surface area contributed by atoms with Gasteiger partial charge < -0.3 is 4.74 Å². The third kappa shape index (κ3) is 2.23. The summed E-state index contributed by atoms with van der Waals surface area (Å²) in [5.74, 6) is 0.952. The van der Waals surface area contributed by atoms with E-state index in [0.717, 1.165) is 10.2 Å². The molecule has 2 heterocycles. The normalized spacial score (nSPS) is 10.5. The van der Waals surface area contributed by atoms with Gasteiger partial charge in [-0.2, -0.15) is 0 Å². The van der Waals surface area contributed by atoms with Crippen molar-refractivity contribution in [1.82, 2.24) is 9.97 Å². The Balaban J connectivity index is 1.92. The number of benzene rings is 1. The van der Waals surface area contributed by atoms with Gasteiger partial charge in [-0.1, -0.05) is 0 Å². The van der Waals surface area contributed by atoms with E-state index in [1.54, 1.807) is 12.1 Å². The van der Waals surface area contributed by atoms with Crippen LogP contribution in [0.2, 0.25) is 0 Å². The van der Waals surface area contributed by atoms with Gasteiger partial charge in [-0.3, -0.25) is 10.1 Å². The molecule has 0 saturated carbocycles. The predicted octanol–water partition coefficient (Wildman–Crippen LogP) is 3.39. The number of thiophene rings is 1. The first kappa shape index (κ1) is 11.5. The Morgan fingerprint density at radius 3 is 2.68 bits per heavy atom. The topological polar surface area (TPSA) is 78.2 Å². The van der Waals surface area contributed by atoms with Crippen molar-refractivity contribution in [3.05, 3.63) is 52.2 Å². The van der Waals surface area contributed by atoms with Crippen LogP contribution in [0.5, 0.6) is 11.6 Å². The second-order valence-electron chi connectivity index (χ2n) is 3.67. The van der Waals surface area contributed by atoms with E-state index in [9.17, 15) is 10.1 Å². The highest BCUT2D eigenvalue weighted by molar-refractivity contribution is 7.17. The van der Waals surface area contributed by atoms with Crippen molar-refractivity contribution in [2.45, 2.75) is 0 Å². The number of nitrogens with zero attached hydrogens (tertiary/aromatic N) is 3. The Bertz CT molecular complexity index is 739. The molecule has 1 aromatic carbocycles. The number of rotatable bonds is 3. The van der Waals surface area contributed by atoms with Crippen LogP contribution >= 0.6 is 11.3 Å². The molecule has 3 aromatic rings. The number of nitro groups is 1. The summed E-state index contributed by atoms with van der Waals surface area (Å²) in [5.41, 5.74) is 0.841. The lowest BCUT2D eigenvalue weighted by molar-refractivity contribution is -0.384. The van der Waals surface area contributed by atoms with Crippen molar-refractivity contribution < 1.29 is 9.66 Å². The average Bonchev–Trinajstić information content (AvgIpc) is 2.89. The molecule has 94 valence electrons. The first-order valence-electron chi connectivity index (χ1n) is 5.34. The summed E-state index contributed by atoms with van der Waals surface area (Å²) in [4.78, 5) is 18.3. The number of aromatic nitrogens is 2. The molecular formula is C12H7N3O3S. The summed E-state index contributed by atoms with van der Waals surface area (Å²) in [5, 5.41) is 12.5. The molecule has 3 rings (SSSR count). The maximum absolute atomic E-state index is 10.6. The van der Waals surface area contributed by atoms with Gasteiger partial charge in [0.1, 0.15) is 16.8 Å². The highest BCUT2D eigenvalue weighted by Crippen LogP contribution is 2.30. The molecule has 0 aliphatic heterocycles. The smallest absolute Gasteiger partial charge is 0.269 e. The first-order chi connectivity index (χ1) is 9.24. The lowest BCUT2D eigenvalue weighted by atomic mass is 10.3. The lowest BCUT2D eigenvalue weighted by Gasteiger charge is -2.04. The van der Waals surface area contributed by atoms with Crippen molar-refractivity contribution >= 4 is 27.2 Å². The van der Waals surface area contributed by atoms with Gasteiger partial charge in [0, 0.05) is 12.1 Å². The summed E-state index contributed by atoms with van der Waals surface area (Å²) < 4.78 is 6.47. The largest absolute Gasteiger partial charge is 0.437 e. The van der Waals surface area contributed by atoms with E-state index in [0.29, 0.717) is 11.6 Å². The summed E-state index contributed by atoms with van der Waals surface area (Å²) in [6.45, 7) is 0. The zero-order chi connectivity index (χ0) is 13.2. The Morgan fingerprint density at radius 1 is 1.16 bits per heavy atom. The van der Waals surface area contributed by atoms with Gasteiger partial charge in [0.05, 0.1) is 10.4 Å². The van der Waals surface area contributed by atoms with Crippen LogP contribution in [0, 0.1) is 10.1 Å². The Hall–Kier alpha value is -2.54. The molecule has 0 aliphatic carbocycles. The quantitative estimate of drug-likeness (QED) is 0.540. The molecule has 0 unspecified atom stereocenters. The Labute approximate surface area is 111 Å². The summed E-state index contributed by atoms with van der Waals surface area (Å²) in [6.07, 6.45) is 1.43. The Kier molecular flexibility index (Phi) is 2.81. The van der Waals surface area contributed by atoms with Crippen LogP contribution in [-0.2, 0) is 0 Å². The summed E-state index contributed by atoms with van der Waals surface area (Å²) in [6, 6.07) is 7.74. The van der Waals surface area contributed by atoms with Crippen molar-refractivity contribution in [1.29, 1.82) is 0 Å². The molecule has 0 bridgehead atoms. The molecule has 0 aliphatic rings. The molecule has 0 amide bonds. The maximum Gasteiger partial charge on any atom is 0.269 e. The van der Waals surface area contributed by atoms with Crippen LogP contribution in [0.1, 0.15) is 0 Å². The van der Waals surface area contributed by atoms with Crippen LogP contribution in [-0.4, -0.2) is 14.9 Å². The first-order valence-corrected chi connectivity index (χ1v) is 6.22. The lowest BCUT2D eigenvalue weighted by Crippen LogP contribution is -1.90. The molecule has 0 saturated heterocycles. The third-order valence-electron chi connectivity index (χ3n) is 2.47. The summed E-state index contributed by atoms with van der Waals surface area (Å²) >= 11 is 1.48. The van der Waals surface area contributed by atoms with Crippen LogP contribution < -0.4 is 4.74 Å². The molecule has 0 N–H and O–H groups in total. The Morgan fingerprint density at radius 2 is 1.95 bits per heavy atom. The van der Waals surface area contributed by atoms with Crippen molar-refractivity contribution in [2.24, 2.45) is 0 Å². The fourth-order valence-electron chi connectivity index (χ4n) is 1.59. The van der Waals surface area contributed by atoms with E-state index < -0.39 is 4.92 Å². The monoisotopic (exact) mass is 273 g/mol. The van der Waals surface area contributed by atoms with Crippen LogP contribution in [0.25, 0.3) is 10.2 Å². The molecule has 0 spiro atoms. The highest BCUT2D eigenvalue weighted by Gasteiger charge is 2.09. The minimum atomic E-state index is -0.452. The zero-order valence-corrected chi connectivity index (χ0v) is 10.3. The molecule has 7 heteroatoms. The van der Waals surface area contributed by atoms with Gasteiger partial charge in [0.25, 0.3) is 5.69 Å². The molecule has 2 aromatic heterocycles. The van der Waals surface area contributed by atoms with Crippen LogP contribution in [0.4, 0.5) is 5.69 Å². The van der Waals surface area contributed by atoms with E-state index in [1.807, 2.05) is 11.4 Å². The van der Waals surface area contributed by atoms with Gasteiger partial charge in [-0.15, -0.1) is 11.3 Å². The molecule has 6 nitrogen and oxygen atoms in total. The van der Waals surface area contributed by atoms with Gasteiger partial charge in [-0.05, 0) is 23.6 Å². The SMILES string of the molecule is O=[N+]([O-])c1ccc(Oc2ncnc3ccsc23)cc1. The summed E-state index contributed by atoms with van der Waals surface area (Å²) in [7, 11) is 0. The number of non-ortho nitro benzene ring substituents is 1. The van der Waals surface area contributed by atoms with E-state index in [1.165, 1.54) is 29.8 Å². The fourth-order valence-corrected chi connectivity index (χ4v) is 2.36. The third-order valence-corrected chi connectivity index (χ3v) is 3.36. The van der Waals surface area contributed by atoms with Crippen LogP contribution in [0.3, 0.4) is 0 Å². The van der Waals surface area contributed by atoms with Crippen molar-refractivity contribution in [3.8, 4) is 11.6 Å². The average molecular weight is 273 g/mol. The number of hydrogen-bond donors (Lipinski definition) is 0. The fraction of sp³-hybridized carbons (Fsp3) is 0. The molecule has 19 heavy (non-hydrogen) atoms. The minimum Gasteiger partial charge on any atom is -0.437 e. The number of nitro benzene ring substituents is 1. The molecule has 0 radical (unpaired) electrons. The number of fused-ring (bicyclic) bond motifs is 1. The second-order valence-corrected chi connectivity index (χ2v) is 4.58. The molecule has 0 atom stereocenters. The standard InChI is InChI=1S/C12H7N3O3S/c16-15(17)8-1-3-9(4-2-8)18-12-11-10(5-6-19-11)13-7-14-12/h1-7H. The number of hydrogen-bond acceptors (Lipinski definition) is 6. The van der Waals surface area contributed by atoms with E-state index in [4.69, 9.17) is 4.74 Å². The van der Waals surface area contributed by atoms with E-state index in [-0.39, 0.29) is 5.69 Å². The van der Waals surface area contributed by atoms with Crippen LogP contribution in [0.15, 0.2) is 42.0 Å². The molecule has 0 fully saturated rings. The van der Waals surface area contributed by atoms with Crippen molar-refractivity contribution in [3.63, 3.8) is 0 Å². The predicted molar refractivity (Wildman–Crippen MR) is 70.6 cm³/mol. The minimum absolute atomic E-state index is 0.0244. The second kappa shape index (κ2) is 4.62.